The normalized spacial score (nSPS) is 10.9. The molecule has 0 aromatic heterocycles. The van der Waals surface area contributed by atoms with Gasteiger partial charge in [0.2, 0.25) is 0 Å². The van der Waals surface area contributed by atoms with Gasteiger partial charge >= 0.3 is 0 Å². The van der Waals surface area contributed by atoms with Crippen LogP contribution in [0.3, 0.4) is 0 Å². The lowest BCUT2D eigenvalue weighted by molar-refractivity contribution is 1.44. The van der Waals surface area contributed by atoms with Gasteiger partial charge in [-0.3, -0.25) is 0 Å². The second kappa shape index (κ2) is 11.0. The molecule has 0 N–H and O–H groups in total. The second-order valence-electron chi connectivity index (χ2n) is 8.76. The van der Waals surface area contributed by atoms with Crippen molar-refractivity contribution >= 4 is 23.5 Å². The standard InChI is InChI=1S/C33H28S2/c1-24-3-7-26(8-4-24)28-11-13-29(14-12-28)31-17-21-33(22-18-31)35-23-34-32-19-15-30(16-20-32)27-9-5-25(2)6-10-27/h3-22H,23H2,1-2H3. The fraction of sp³-hybridized carbons (Fsp3) is 0.0909. The summed E-state index contributed by atoms with van der Waals surface area (Å²) in [5, 5.41) is 0.995. The summed E-state index contributed by atoms with van der Waals surface area (Å²) < 4.78 is 0. The van der Waals surface area contributed by atoms with Gasteiger partial charge in [-0.2, -0.15) is 0 Å². The van der Waals surface area contributed by atoms with Gasteiger partial charge in [0.25, 0.3) is 0 Å². The zero-order chi connectivity index (χ0) is 24.0. The maximum absolute atomic E-state index is 2.23. The summed E-state index contributed by atoms with van der Waals surface area (Å²) in [6, 6.07) is 44.1. The molecule has 0 bridgehead atoms. The number of hydrogen-bond donors (Lipinski definition) is 0. The van der Waals surface area contributed by atoms with Crippen LogP contribution in [0.5, 0.6) is 0 Å². The van der Waals surface area contributed by atoms with Crippen LogP contribution in [0.2, 0.25) is 0 Å². The largest absolute Gasteiger partial charge is 0.115 e. The molecule has 0 heterocycles. The van der Waals surface area contributed by atoms with Crippen LogP contribution in [0.25, 0.3) is 33.4 Å². The molecule has 0 nitrogen and oxygen atoms in total. The summed E-state index contributed by atoms with van der Waals surface area (Å²) in [5.41, 5.74) is 10.1. The molecule has 0 atom stereocenters. The maximum atomic E-state index is 2.23. The molecule has 0 spiro atoms. The smallest absolute Gasteiger partial charge is 0.0486 e. The monoisotopic (exact) mass is 488 g/mol. The SMILES string of the molecule is Cc1ccc(-c2ccc(SCSc3ccc(-c4ccc(-c5ccc(C)cc5)cc4)cc3)cc2)cc1. The van der Waals surface area contributed by atoms with E-state index in [1.807, 2.05) is 23.5 Å². The minimum Gasteiger partial charge on any atom is -0.115 e. The van der Waals surface area contributed by atoms with Gasteiger partial charge in [0, 0.05) is 14.9 Å². The van der Waals surface area contributed by atoms with E-state index in [1.54, 1.807) is 0 Å². The molecule has 0 fully saturated rings. The van der Waals surface area contributed by atoms with Crippen molar-refractivity contribution in [1.29, 1.82) is 0 Å². The van der Waals surface area contributed by atoms with E-state index in [-0.39, 0.29) is 0 Å². The number of rotatable bonds is 7. The Kier molecular flexibility index (Phi) is 7.42. The Hall–Kier alpha value is -3.20. The predicted octanol–water partition coefficient (Wildman–Crippen LogP) is 10.1. The Morgan fingerprint density at radius 2 is 0.571 bits per heavy atom. The Bertz CT molecular complexity index is 1360. The number of aryl methyl sites for hydroxylation is 2. The first-order valence-electron chi connectivity index (χ1n) is 11.8. The lowest BCUT2D eigenvalue weighted by atomic mass is 10.00. The lowest BCUT2D eigenvalue weighted by Crippen LogP contribution is -1.82. The van der Waals surface area contributed by atoms with E-state index in [4.69, 9.17) is 0 Å². The van der Waals surface area contributed by atoms with E-state index < -0.39 is 0 Å². The van der Waals surface area contributed by atoms with Gasteiger partial charge in [0.15, 0.2) is 0 Å². The van der Waals surface area contributed by atoms with Crippen LogP contribution in [0.1, 0.15) is 11.1 Å². The average Bonchev–Trinajstić information content (AvgIpc) is 2.91. The van der Waals surface area contributed by atoms with E-state index in [0.717, 1.165) is 5.08 Å². The maximum Gasteiger partial charge on any atom is 0.0486 e. The first-order valence-corrected chi connectivity index (χ1v) is 13.8. The highest BCUT2D eigenvalue weighted by atomic mass is 32.2. The van der Waals surface area contributed by atoms with Crippen molar-refractivity contribution in [3.63, 3.8) is 0 Å². The Balaban J connectivity index is 1.15. The van der Waals surface area contributed by atoms with Gasteiger partial charge in [-0.25, -0.2) is 0 Å². The van der Waals surface area contributed by atoms with Gasteiger partial charge in [0.05, 0.1) is 0 Å². The van der Waals surface area contributed by atoms with Crippen molar-refractivity contribution in [2.45, 2.75) is 23.6 Å². The second-order valence-corrected chi connectivity index (χ2v) is 11.2. The minimum atomic E-state index is 0.995. The van der Waals surface area contributed by atoms with Crippen LogP contribution in [-0.4, -0.2) is 5.08 Å². The molecule has 5 aromatic rings. The summed E-state index contributed by atoms with van der Waals surface area (Å²) in [6.07, 6.45) is 0. The highest BCUT2D eigenvalue weighted by molar-refractivity contribution is 8.16. The fourth-order valence-electron chi connectivity index (χ4n) is 4.00. The highest BCUT2D eigenvalue weighted by Gasteiger charge is 2.03. The van der Waals surface area contributed by atoms with Crippen LogP contribution in [0.4, 0.5) is 0 Å². The molecule has 2 heteroatoms. The molecule has 5 aromatic carbocycles. The molecular weight excluding hydrogens is 460 g/mol. The highest BCUT2D eigenvalue weighted by Crippen LogP contribution is 2.31. The fourth-order valence-corrected chi connectivity index (χ4v) is 5.98. The number of thioether (sulfide) groups is 2. The lowest BCUT2D eigenvalue weighted by Gasteiger charge is -2.07. The molecule has 0 aliphatic rings. The third-order valence-electron chi connectivity index (χ3n) is 6.15. The Labute approximate surface area is 217 Å². The molecule has 0 amide bonds. The molecule has 172 valence electrons. The van der Waals surface area contributed by atoms with E-state index in [1.165, 1.54) is 54.3 Å². The first kappa shape index (κ1) is 23.5. The van der Waals surface area contributed by atoms with Crippen LogP contribution in [-0.2, 0) is 0 Å². The molecule has 35 heavy (non-hydrogen) atoms. The molecule has 0 saturated heterocycles. The van der Waals surface area contributed by atoms with E-state index in [0.29, 0.717) is 0 Å². The van der Waals surface area contributed by atoms with Crippen molar-refractivity contribution in [2.24, 2.45) is 0 Å². The Morgan fingerprint density at radius 1 is 0.343 bits per heavy atom. The van der Waals surface area contributed by atoms with Crippen LogP contribution >= 0.6 is 23.5 Å². The van der Waals surface area contributed by atoms with Crippen molar-refractivity contribution in [1.82, 2.24) is 0 Å². The molecule has 0 unspecified atom stereocenters. The predicted molar refractivity (Wildman–Crippen MR) is 155 cm³/mol. The van der Waals surface area contributed by atoms with Gasteiger partial charge in [-0.1, -0.05) is 108 Å². The third kappa shape index (κ3) is 6.08. The van der Waals surface area contributed by atoms with Gasteiger partial charge in [-0.05, 0) is 71.5 Å². The quantitative estimate of drug-likeness (QED) is 0.165. The molecule has 0 saturated carbocycles. The van der Waals surface area contributed by atoms with Crippen molar-refractivity contribution in [2.75, 3.05) is 5.08 Å². The van der Waals surface area contributed by atoms with Crippen molar-refractivity contribution < 1.29 is 0 Å². The molecular formula is C33H28S2. The Morgan fingerprint density at radius 3 is 0.857 bits per heavy atom. The third-order valence-corrected chi connectivity index (χ3v) is 8.30. The van der Waals surface area contributed by atoms with Crippen LogP contribution < -0.4 is 0 Å². The molecule has 0 aliphatic carbocycles. The molecule has 5 rings (SSSR count). The average molecular weight is 489 g/mol. The van der Waals surface area contributed by atoms with Gasteiger partial charge in [-0.15, -0.1) is 23.5 Å². The zero-order valence-electron chi connectivity index (χ0n) is 20.1. The van der Waals surface area contributed by atoms with Crippen molar-refractivity contribution in [3.8, 4) is 33.4 Å². The minimum absolute atomic E-state index is 0.995. The van der Waals surface area contributed by atoms with E-state index >= 15 is 0 Å². The van der Waals surface area contributed by atoms with Gasteiger partial charge in [0.1, 0.15) is 0 Å². The molecule has 0 aliphatic heterocycles. The number of benzene rings is 5. The summed E-state index contributed by atoms with van der Waals surface area (Å²) >= 11 is 3.77. The molecule has 0 radical (unpaired) electrons. The zero-order valence-corrected chi connectivity index (χ0v) is 21.7. The topological polar surface area (TPSA) is 0 Å². The summed E-state index contributed by atoms with van der Waals surface area (Å²) in [6.45, 7) is 4.25. The van der Waals surface area contributed by atoms with E-state index in [9.17, 15) is 0 Å². The van der Waals surface area contributed by atoms with Gasteiger partial charge < -0.3 is 0 Å². The van der Waals surface area contributed by atoms with Crippen molar-refractivity contribution in [3.05, 3.63) is 132 Å². The first-order chi connectivity index (χ1) is 17.1. The van der Waals surface area contributed by atoms with Crippen LogP contribution in [0, 0.1) is 13.8 Å². The summed E-state index contributed by atoms with van der Waals surface area (Å²) in [4.78, 5) is 2.60. The number of hydrogen-bond acceptors (Lipinski definition) is 2. The summed E-state index contributed by atoms with van der Waals surface area (Å²) in [5.74, 6) is 0. The van der Waals surface area contributed by atoms with Crippen LogP contribution in [0.15, 0.2) is 131 Å². The van der Waals surface area contributed by atoms with E-state index in [2.05, 4.69) is 135 Å². The summed E-state index contributed by atoms with van der Waals surface area (Å²) in [7, 11) is 0.